The highest BCUT2D eigenvalue weighted by Crippen LogP contribution is 2.38. The molecule has 0 aromatic heterocycles. The van der Waals surface area contributed by atoms with Gasteiger partial charge in [-0.1, -0.05) is 24.3 Å². The molecule has 2 atom stereocenters. The van der Waals surface area contributed by atoms with Crippen LogP contribution < -0.4 is 5.32 Å². The number of hydrogen-bond acceptors (Lipinski definition) is 2. The van der Waals surface area contributed by atoms with Gasteiger partial charge in [0, 0.05) is 6.42 Å². The maximum atomic E-state index is 12.1. The number of carbonyl (C=O) groups is 1. The Bertz CT molecular complexity index is 445. The summed E-state index contributed by atoms with van der Waals surface area (Å²) in [5.74, 6) is -1.98. The number of benzene rings is 1. The van der Waals surface area contributed by atoms with Gasteiger partial charge in [-0.2, -0.15) is 13.2 Å². The summed E-state index contributed by atoms with van der Waals surface area (Å²) in [5.41, 5.74) is 1.11. The molecular formula is C11H10F3NO2. The van der Waals surface area contributed by atoms with E-state index < -0.39 is 24.2 Å². The number of nitrogens with one attached hydrogen (secondary N) is 1. The van der Waals surface area contributed by atoms with Gasteiger partial charge in [-0.3, -0.25) is 4.79 Å². The SMILES string of the molecule is O=C(N[C@H]1C[C@@H](O)c2ccccc21)C(F)(F)F. The number of alkyl halides is 3. The van der Waals surface area contributed by atoms with Crippen molar-refractivity contribution in [2.75, 3.05) is 0 Å². The Morgan fingerprint density at radius 3 is 2.47 bits per heavy atom. The molecule has 2 N–H and O–H groups in total. The van der Waals surface area contributed by atoms with Crippen molar-refractivity contribution < 1.29 is 23.1 Å². The first-order valence-corrected chi connectivity index (χ1v) is 5.04. The second-order valence-electron chi connectivity index (χ2n) is 3.90. The second-order valence-corrected chi connectivity index (χ2v) is 3.90. The maximum Gasteiger partial charge on any atom is 0.471 e. The molecule has 92 valence electrons. The summed E-state index contributed by atoms with van der Waals surface area (Å²) >= 11 is 0. The molecule has 1 aromatic carbocycles. The molecule has 3 nitrogen and oxygen atoms in total. The van der Waals surface area contributed by atoms with Gasteiger partial charge in [0.2, 0.25) is 0 Å². The topological polar surface area (TPSA) is 49.3 Å². The van der Waals surface area contributed by atoms with E-state index in [1.807, 2.05) is 5.32 Å². The van der Waals surface area contributed by atoms with Crippen LogP contribution in [0.25, 0.3) is 0 Å². The summed E-state index contributed by atoms with van der Waals surface area (Å²) in [7, 11) is 0. The molecule has 0 radical (unpaired) electrons. The Morgan fingerprint density at radius 2 is 1.88 bits per heavy atom. The summed E-state index contributed by atoms with van der Waals surface area (Å²) < 4.78 is 36.3. The van der Waals surface area contributed by atoms with Crippen LogP contribution in [0.3, 0.4) is 0 Å². The quantitative estimate of drug-likeness (QED) is 0.793. The first kappa shape index (κ1) is 11.9. The van der Waals surface area contributed by atoms with Gasteiger partial charge < -0.3 is 10.4 Å². The van der Waals surface area contributed by atoms with E-state index in [1.54, 1.807) is 24.3 Å². The Balaban J connectivity index is 2.18. The van der Waals surface area contributed by atoms with Crippen molar-refractivity contribution in [3.05, 3.63) is 35.4 Å². The van der Waals surface area contributed by atoms with Gasteiger partial charge in [-0.25, -0.2) is 0 Å². The number of aliphatic hydroxyl groups is 1. The highest BCUT2D eigenvalue weighted by atomic mass is 19.4. The Kier molecular flexibility index (Phi) is 2.82. The molecule has 1 amide bonds. The fourth-order valence-electron chi connectivity index (χ4n) is 1.99. The molecule has 0 unspecified atom stereocenters. The standard InChI is InChI=1S/C11H10F3NO2/c12-11(13,14)10(17)15-8-5-9(16)7-4-2-1-3-6(7)8/h1-4,8-9,16H,5H2,(H,15,17)/t8-,9+/m0/s1. The molecule has 0 fully saturated rings. The first-order chi connectivity index (χ1) is 7.89. The number of amides is 1. The van der Waals surface area contributed by atoms with Crippen LogP contribution in [0.15, 0.2) is 24.3 Å². The molecule has 1 aliphatic rings. The van der Waals surface area contributed by atoms with Gasteiger partial charge >= 0.3 is 12.1 Å². The third-order valence-corrected chi connectivity index (χ3v) is 2.75. The highest BCUT2D eigenvalue weighted by Gasteiger charge is 2.41. The Hall–Kier alpha value is -1.56. The Morgan fingerprint density at radius 1 is 1.29 bits per heavy atom. The molecule has 1 aliphatic carbocycles. The lowest BCUT2D eigenvalue weighted by atomic mass is 10.1. The largest absolute Gasteiger partial charge is 0.471 e. The second kappa shape index (κ2) is 4.03. The molecule has 0 heterocycles. The lowest BCUT2D eigenvalue weighted by Gasteiger charge is -2.15. The monoisotopic (exact) mass is 245 g/mol. The van der Waals surface area contributed by atoms with E-state index in [2.05, 4.69) is 0 Å². The van der Waals surface area contributed by atoms with Gasteiger partial charge in [0.1, 0.15) is 0 Å². The van der Waals surface area contributed by atoms with Crippen LogP contribution in [0.2, 0.25) is 0 Å². The van der Waals surface area contributed by atoms with Crippen molar-refractivity contribution in [3.63, 3.8) is 0 Å². The van der Waals surface area contributed by atoms with Gasteiger partial charge in [-0.05, 0) is 11.1 Å². The normalized spacial score (nSPS) is 23.3. The molecule has 6 heteroatoms. The number of carbonyl (C=O) groups excluding carboxylic acids is 1. The molecule has 2 rings (SSSR count). The average molecular weight is 245 g/mol. The van der Waals surface area contributed by atoms with E-state index in [-0.39, 0.29) is 6.42 Å². The minimum absolute atomic E-state index is 0.0706. The fourth-order valence-corrected chi connectivity index (χ4v) is 1.99. The van der Waals surface area contributed by atoms with Crippen LogP contribution in [0.4, 0.5) is 13.2 Å². The predicted octanol–water partition coefficient (Wildman–Crippen LogP) is 1.84. The maximum absolute atomic E-state index is 12.1. The third-order valence-electron chi connectivity index (χ3n) is 2.75. The van der Waals surface area contributed by atoms with Crippen molar-refractivity contribution in [3.8, 4) is 0 Å². The molecule has 0 spiro atoms. The van der Waals surface area contributed by atoms with E-state index in [1.165, 1.54) is 0 Å². The number of aliphatic hydroxyl groups excluding tert-OH is 1. The minimum Gasteiger partial charge on any atom is -0.388 e. The van der Waals surface area contributed by atoms with Crippen LogP contribution >= 0.6 is 0 Å². The summed E-state index contributed by atoms with van der Waals surface area (Å²) in [6, 6.07) is 5.81. The lowest BCUT2D eigenvalue weighted by molar-refractivity contribution is -0.174. The molecular weight excluding hydrogens is 235 g/mol. The van der Waals surface area contributed by atoms with E-state index in [0.29, 0.717) is 11.1 Å². The number of fused-ring (bicyclic) bond motifs is 1. The summed E-state index contributed by atoms with van der Waals surface area (Å²) in [5, 5.41) is 11.5. The van der Waals surface area contributed by atoms with Gasteiger partial charge in [0.15, 0.2) is 0 Å². The van der Waals surface area contributed by atoms with E-state index >= 15 is 0 Å². The summed E-state index contributed by atoms with van der Waals surface area (Å²) in [6.07, 6.45) is -5.66. The van der Waals surface area contributed by atoms with E-state index in [4.69, 9.17) is 0 Å². The van der Waals surface area contributed by atoms with Gasteiger partial charge in [0.05, 0.1) is 12.1 Å². The van der Waals surface area contributed by atoms with Crippen molar-refractivity contribution in [1.29, 1.82) is 0 Å². The molecule has 0 saturated heterocycles. The molecule has 0 bridgehead atoms. The van der Waals surface area contributed by atoms with Crippen molar-refractivity contribution >= 4 is 5.91 Å². The van der Waals surface area contributed by atoms with E-state index in [0.717, 1.165) is 0 Å². The lowest BCUT2D eigenvalue weighted by Crippen LogP contribution is -2.38. The molecule has 0 aliphatic heterocycles. The van der Waals surface area contributed by atoms with Crippen LogP contribution in [0.5, 0.6) is 0 Å². The van der Waals surface area contributed by atoms with Crippen molar-refractivity contribution in [1.82, 2.24) is 5.32 Å². The zero-order valence-corrected chi connectivity index (χ0v) is 8.66. The third kappa shape index (κ3) is 2.26. The summed E-state index contributed by atoms with van der Waals surface area (Å²) in [4.78, 5) is 10.8. The highest BCUT2D eigenvalue weighted by molar-refractivity contribution is 5.82. The average Bonchev–Trinajstić information content (AvgIpc) is 2.56. The minimum atomic E-state index is -4.90. The van der Waals surface area contributed by atoms with Gasteiger partial charge in [-0.15, -0.1) is 0 Å². The van der Waals surface area contributed by atoms with Gasteiger partial charge in [0.25, 0.3) is 0 Å². The Labute approximate surface area is 95.3 Å². The van der Waals surface area contributed by atoms with Crippen molar-refractivity contribution in [2.24, 2.45) is 0 Å². The van der Waals surface area contributed by atoms with Crippen LogP contribution in [-0.4, -0.2) is 17.2 Å². The first-order valence-electron chi connectivity index (χ1n) is 5.04. The number of hydrogen-bond donors (Lipinski definition) is 2. The predicted molar refractivity (Wildman–Crippen MR) is 53.0 cm³/mol. The fraction of sp³-hybridized carbons (Fsp3) is 0.364. The van der Waals surface area contributed by atoms with Crippen LogP contribution in [-0.2, 0) is 4.79 Å². The molecule has 1 aromatic rings. The van der Waals surface area contributed by atoms with Crippen LogP contribution in [0.1, 0.15) is 29.7 Å². The van der Waals surface area contributed by atoms with Crippen molar-refractivity contribution in [2.45, 2.75) is 24.7 Å². The number of halogens is 3. The molecule has 0 saturated carbocycles. The van der Waals surface area contributed by atoms with Crippen LogP contribution in [0, 0.1) is 0 Å². The zero-order valence-electron chi connectivity index (χ0n) is 8.66. The summed E-state index contributed by atoms with van der Waals surface area (Å²) in [6.45, 7) is 0. The smallest absolute Gasteiger partial charge is 0.388 e. The van der Waals surface area contributed by atoms with E-state index in [9.17, 15) is 23.1 Å². The zero-order chi connectivity index (χ0) is 12.6. The molecule has 17 heavy (non-hydrogen) atoms. The number of rotatable bonds is 1.